The molecule has 0 radical (unpaired) electrons. The molecule has 7 heteroatoms. The van der Waals surface area contributed by atoms with Gasteiger partial charge in [-0.05, 0) is 29.8 Å². The van der Waals surface area contributed by atoms with Crippen molar-refractivity contribution >= 4 is 16.9 Å². The lowest BCUT2D eigenvalue weighted by Gasteiger charge is -2.07. The monoisotopic (exact) mass is 333 g/mol. The quantitative estimate of drug-likeness (QED) is 0.768. The summed E-state index contributed by atoms with van der Waals surface area (Å²) in [5.41, 5.74) is 1.48. The largest absolute Gasteiger partial charge is 0.416 e. The SMILES string of the molecule is O=C(Cc1ccc(C(F)(F)F)cc1)NCc1nc2ccccc2[nH]1. The first-order chi connectivity index (χ1) is 11.4. The number of hydrogen-bond donors (Lipinski definition) is 2. The molecule has 0 unspecified atom stereocenters. The van der Waals surface area contributed by atoms with Gasteiger partial charge in [0.1, 0.15) is 5.82 Å². The molecular formula is C17H14F3N3O. The predicted molar refractivity (Wildman–Crippen MR) is 83.1 cm³/mol. The highest BCUT2D eigenvalue weighted by atomic mass is 19.4. The minimum Gasteiger partial charge on any atom is -0.349 e. The number of carbonyl (C=O) groups is 1. The van der Waals surface area contributed by atoms with Crippen molar-refractivity contribution in [2.45, 2.75) is 19.1 Å². The first-order valence-corrected chi connectivity index (χ1v) is 7.28. The van der Waals surface area contributed by atoms with E-state index in [1.54, 1.807) is 0 Å². The summed E-state index contributed by atoms with van der Waals surface area (Å²) in [4.78, 5) is 19.3. The molecule has 2 N–H and O–H groups in total. The van der Waals surface area contributed by atoms with E-state index in [1.807, 2.05) is 24.3 Å². The topological polar surface area (TPSA) is 57.8 Å². The van der Waals surface area contributed by atoms with Gasteiger partial charge in [0.05, 0.1) is 29.6 Å². The molecular weight excluding hydrogens is 319 g/mol. The fraction of sp³-hybridized carbons (Fsp3) is 0.176. The number of benzene rings is 2. The molecule has 0 saturated heterocycles. The summed E-state index contributed by atoms with van der Waals surface area (Å²) < 4.78 is 37.5. The van der Waals surface area contributed by atoms with Gasteiger partial charge in [0.15, 0.2) is 0 Å². The third-order valence-electron chi connectivity index (χ3n) is 3.54. The summed E-state index contributed by atoms with van der Waals surface area (Å²) >= 11 is 0. The molecule has 1 aromatic heterocycles. The van der Waals surface area contributed by atoms with Gasteiger partial charge in [0, 0.05) is 0 Å². The maximum atomic E-state index is 12.5. The number of carbonyl (C=O) groups excluding carboxylic acids is 1. The molecule has 0 aliphatic rings. The van der Waals surface area contributed by atoms with E-state index in [-0.39, 0.29) is 18.9 Å². The van der Waals surface area contributed by atoms with Crippen molar-refractivity contribution in [1.29, 1.82) is 0 Å². The van der Waals surface area contributed by atoms with Crippen LogP contribution < -0.4 is 5.32 Å². The van der Waals surface area contributed by atoms with Crippen molar-refractivity contribution < 1.29 is 18.0 Å². The Labute approximate surface area is 135 Å². The fourth-order valence-corrected chi connectivity index (χ4v) is 2.33. The van der Waals surface area contributed by atoms with Crippen molar-refractivity contribution in [2.24, 2.45) is 0 Å². The molecule has 0 aliphatic carbocycles. The summed E-state index contributed by atoms with van der Waals surface area (Å²) in [6.07, 6.45) is -4.36. The van der Waals surface area contributed by atoms with E-state index in [0.29, 0.717) is 11.4 Å². The second-order valence-corrected chi connectivity index (χ2v) is 5.35. The van der Waals surface area contributed by atoms with Gasteiger partial charge in [0.2, 0.25) is 5.91 Å². The smallest absolute Gasteiger partial charge is 0.349 e. The molecule has 2 aromatic carbocycles. The van der Waals surface area contributed by atoms with Gasteiger partial charge >= 0.3 is 6.18 Å². The number of amides is 1. The Morgan fingerprint density at radius 2 is 1.79 bits per heavy atom. The van der Waals surface area contributed by atoms with Crippen molar-refractivity contribution in [2.75, 3.05) is 0 Å². The Bertz CT molecular complexity index is 820. The number of nitrogens with one attached hydrogen (secondary N) is 2. The molecule has 0 atom stereocenters. The Kier molecular flexibility index (Phi) is 4.24. The van der Waals surface area contributed by atoms with Crippen LogP contribution in [0.15, 0.2) is 48.5 Å². The van der Waals surface area contributed by atoms with Gasteiger partial charge in [-0.3, -0.25) is 4.79 Å². The lowest BCUT2D eigenvalue weighted by molar-refractivity contribution is -0.137. The van der Waals surface area contributed by atoms with Crippen LogP contribution in [-0.4, -0.2) is 15.9 Å². The van der Waals surface area contributed by atoms with Crippen LogP contribution in [0.1, 0.15) is 17.0 Å². The lowest BCUT2D eigenvalue weighted by Crippen LogP contribution is -2.25. The van der Waals surface area contributed by atoms with Crippen LogP contribution in [-0.2, 0) is 23.9 Å². The third kappa shape index (κ3) is 3.73. The molecule has 3 aromatic rings. The Morgan fingerprint density at radius 1 is 1.08 bits per heavy atom. The van der Waals surface area contributed by atoms with Crippen LogP contribution in [0.3, 0.4) is 0 Å². The molecule has 0 spiro atoms. The highest BCUT2D eigenvalue weighted by Gasteiger charge is 2.29. The number of imidazole rings is 1. The highest BCUT2D eigenvalue weighted by molar-refractivity contribution is 5.79. The first kappa shape index (κ1) is 16.0. The molecule has 1 amide bonds. The molecule has 1 heterocycles. The number of fused-ring (bicyclic) bond motifs is 1. The molecule has 0 aliphatic heterocycles. The van der Waals surface area contributed by atoms with Gasteiger partial charge in [-0.2, -0.15) is 13.2 Å². The number of halogens is 3. The summed E-state index contributed by atoms with van der Waals surface area (Å²) in [5, 5.41) is 2.70. The van der Waals surface area contributed by atoms with E-state index < -0.39 is 11.7 Å². The van der Waals surface area contributed by atoms with Gasteiger partial charge in [0.25, 0.3) is 0 Å². The zero-order chi connectivity index (χ0) is 17.2. The van der Waals surface area contributed by atoms with Crippen molar-refractivity contribution in [1.82, 2.24) is 15.3 Å². The maximum Gasteiger partial charge on any atom is 0.416 e. The van der Waals surface area contributed by atoms with Crippen LogP contribution in [0.5, 0.6) is 0 Å². The van der Waals surface area contributed by atoms with E-state index in [1.165, 1.54) is 12.1 Å². The molecule has 24 heavy (non-hydrogen) atoms. The third-order valence-corrected chi connectivity index (χ3v) is 3.54. The number of H-pyrrole nitrogens is 1. The number of para-hydroxylation sites is 2. The van der Waals surface area contributed by atoms with Crippen LogP contribution in [0.2, 0.25) is 0 Å². The highest BCUT2D eigenvalue weighted by Crippen LogP contribution is 2.29. The molecule has 0 fully saturated rings. The van der Waals surface area contributed by atoms with Crippen LogP contribution in [0.25, 0.3) is 11.0 Å². The molecule has 0 bridgehead atoms. The van der Waals surface area contributed by atoms with Crippen molar-refractivity contribution in [3.63, 3.8) is 0 Å². The first-order valence-electron chi connectivity index (χ1n) is 7.28. The van der Waals surface area contributed by atoms with E-state index >= 15 is 0 Å². The average molecular weight is 333 g/mol. The zero-order valence-electron chi connectivity index (χ0n) is 12.5. The summed E-state index contributed by atoms with van der Waals surface area (Å²) in [7, 11) is 0. The fourth-order valence-electron chi connectivity index (χ4n) is 2.33. The number of hydrogen-bond acceptors (Lipinski definition) is 2. The Balaban J connectivity index is 1.57. The minimum atomic E-state index is -4.37. The lowest BCUT2D eigenvalue weighted by atomic mass is 10.1. The number of aromatic amines is 1. The summed E-state index contributed by atoms with van der Waals surface area (Å²) in [6.45, 7) is 0.230. The number of nitrogens with zero attached hydrogens (tertiary/aromatic N) is 1. The van der Waals surface area contributed by atoms with E-state index in [4.69, 9.17) is 0 Å². The van der Waals surface area contributed by atoms with E-state index in [0.717, 1.165) is 23.2 Å². The molecule has 0 saturated carbocycles. The summed E-state index contributed by atoms with van der Waals surface area (Å²) in [5.74, 6) is 0.340. The van der Waals surface area contributed by atoms with Crippen LogP contribution >= 0.6 is 0 Å². The zero-order valence-corrected chi connectivity index (χ0v) is 12.5. The Morgan fingerprint density at radius 3 is 2.46 bits per heavy atom. The van der Waals surface area contributed by atoms with Crippen molar-refractivity contribution in [3.8, 4) is 0 Å². The van der Waals surface area contributed by atoms with Gasteiger partial charge in [-0.25, -0.2) is 4.98 Å². The van der Waals surface area contributed by atoms with E-state index in [9.17, 15) is 18.0 Å². The number of rotatable bonds is 4. The van der Waals surface area contributed by atoms with E-state index in [2.05, 4.69) is 15.3 Å². The van der Waals surface area contributed by atoms with Crippen LogP contribution in [0, 0.1) is 0 Å². The second-order valence-electron chi connectivity index (χ2n) is 5.35. The second kappa shape index (κ2) is 6.35. The number of aromatic nitrogens is 2. The van der Waals surface area contributed by atoms with Crippen molar-refractivity contribution in [3.05, 3.63) is 65.5 Å². The normalized spacial score (nSPS) is 11.6. The predicted octanol–water partition coefficient (Wildman–Crippen LogP) is 3.44. The average Bonchev–Trinajstić information content (AvgIpc) is 2.95. The van der Waals surface area contributed by atoms with Crippen LogP contribution in [0.4, 0.5) is 13.2 Å². The number of alkyl halides is 3. The van der Waals surface area contributed by atoms with Gasteiger partial charge in [-0.1, -0.05) is 24.3 Å². The molecule has 124 valence electrons. The van der Waals surface area contributed by atoms with Gasteiger partial charge < -0.3 is 10.3 Å². The minimum absolute atomic E-state index is 0.0123. The summed E-state index contributed by atoms with van der Waals surface area (Å²) in [6, 6.07) is 12.1. The molecule has 4 nitrogen and oxygen atoms in total. The maximum absolute atomic E-state index is 12.5. The Hall–Kier alpha value is -2.83. The van der Waals surface area contributed by atoms with Gasteiger partial charge in [-0.15, -0.1) is 0 Å². The molecule has 3 rings (SSSR count). The standard InChI is InChI=1S/C17H14F3N3O/c18-17(19,20)12-7-5-11(6-8-12)9-16(24)21-10-15-22-13-3-1-2-4-14(13)23-15/h1-8H,9-10H2,(H,21,24)(H,22,23).